The first-order valence-electron chi connectivity index (χ1n) is 11.6. The first kappa shape index (κ1) is 26.2. The number of ether oxygens (including phenoxy) is 3. The van der Waals surface area contributed by atoms with E-state index in [-0.39, 0.29) is 18.9 Å². The van der Waals surface area contributed by atoms with Crippen LogP contribution in [0.3, 0.4) is 0 Å². The van der Waals surface area contributed by atoms with Crippen molar-refractivity contribution in [1.29, 1.82) is 0 Å². The second-order valence-electron chi connectivity index (χ2n) is 7.83. The Hall–Kier alpha value is -3.36. The summed E-state index contributed by atoms with van der Waals surface area (Å²) in [6.07, 6.45) is -0.624. The molecule has 2 aromatic carbocycles. The van der Waals surface area contributed by atoms with Crippen molar-refractivity contribution >= 4 is 23.2 Å². The summed E-state index contributed by atoms with van der Waals surface area (Å²) in [5.74, 6) is 0.229. The number of carboxylic acid groups (broad SMARTS) is 1. The average Bonchev–Trinajstić information content (AvgIpc) is 3.37. The highest BCUT2D eigenvalue weighted by Gasteiger charge is 2.19. The number of carbonyl (C=O) groups excluding carboxylic acids is 1. The summed E-state index contributed by atoms with van der Waals surface area (Å²) >= 11 is 1.61. The van der Waals surface area contributed by atoms with E-state index in [0.29, 0.717) is 32.1 Å². The molecule has 35 heavy (non-hydrogen) atoms. The lowest BCUT2D eigenvalue weighted by atomic mass is 10.1. The van der Waals surface area contributed by atoms with Crippen LogP contribution in [-0.2, 0) is 33.8 Å². The molecule has 0 bridgehead atoms. The first-order valence-corrected chi connectivity index (χ1v) is 12.4. The van der Waals surface area contributed by atoms with Gasteiger partial charge in [0.05, 0.1) is 13.2 Å². The van der Waals surface area contributed by atoms with E-state index in [1.807, 2.05) is 48.7 Å². The highest BCUT2D eigenvalue weighted by atomic mass is 32.1. The molecule has 0 saturated carbocycles. The third-order valence-corrected chi connectivity index (χ3v) is 6.10. The smallest absolute Gasteiger partial charge is 0.333 e. The van der Waals surface area contributed by atoms with Crippen LogP contribution in [0.25, 0.3) is 0 Å². The summed E-state index contributed by atoms with van der Waals surface area (Å²) in [6.45, 7) is 5.50. The maximum atomic E-state index is 13.1. The number of carbonyl (C=O) groups is 2. The molecule has 3 rings (SSSR count). The van der Waals surface area contributed by atoms with Crippen LogP contribution in [0.1, 0.15) is 29.9 Å². The predicted molar refractivity (Wildman–Crippen MR) is 135 cm³/mol. The van der Waals surface area contributed by atoms with Crippen LogP contribution in [0.15, 0.2) is 66.0 Å². The number of hydrogen-bond donors (Lipinski definition) is 1. The Bertz CT molecular complexity index is 1050. The zero-order chi connectivity index (χ0) is 25.0. The van der Waals surface area contributed by atoms with E-state index in [1.165, 1.54) is 0 Å². The number of nitrogens with zero attached hydrogens (tertiary/aromatic N) is 1. The van der Waals surface area contributed by atoms with Crippen molar-refractivity contribution in [1.82, 2.24) is 4.90 Å². The van der Waals surface area contributed by atoms with Gasteiger partial charge >= 0.3 is 5.97 Å². The van der Waals surface area contributed by atoms with E-state index < -0.39 is 12.1 Å². The Kier molecular flexibility index (Phi) is 10.1. The molecule has 0 aliphatic heterocycles. The normalized spacial score (nSPS) is 11.6. The summed E-state index contributed by atoms with van der Waals surface area (Å²) < 4.78 is 16.5. The molecule has 3 aromatic rings. The number of rotatable bonds is 14. The number of amides is 1. The Morgan fingerprint density at radius 2 is 1.54 bits per heavy atom. The summed E-state index contributed by atoms with van der Waals surface area (Å²) in [4.78, 5) is 27.2. The molecule has 0 aliphatic rings. The lowest BCUT2D eigenvalue weighted by Gasteiger charge is -2.23. The quantitative estimate of drug-likeness (QED) is 0.345. The molecule has 1 N–H and O–H groups in total. The molecule has 1 heterocycles. The van der Waals surface area contributed by atoms with Crippen LogP contribution in [0.4, 0.5) is 0 Å². The van der Waals surface area contributed by atoms with Crippen molar-refractivity contribution in [3.05, 3.63) is 82.0 Å². The van der Waals surface area contributed by atoms with Crippen molar-refractivity contribution in [2.24, 2.45) is 0 Å². The van der Waals surface area contributed by atoms with Gasteiger partial charge in [0.15, 0.2) is 12.7 Å². The largest absolute Gasteiger partial charge is 0.494 e. The molecule has 0 spiro atoms. The van der Waals surface area contributed by atoms with Gasteiger partial charge in [0.25, 0.3) is 5.91 Å². The third kappa shape index (κ3) is 8.42. The molecule has 8 heteroatoms. The molecule has 1 aromatic heterocycles. The van der Waals surface area contributed by atoms with Gasteiger partial charge < -0.3 is 24.2 Å². The van der Waals surface area contributed by atoms with Crippen molar-refractivity contribution in [3.63, 3.8) is 0 Å². The van der Waals surface area contributed by atoms with Gasteiger partial charge in [-0.1, -0.05) is 30.3 Å². The molecule has 1 atom stereocenters. The van der Waals surface area contributed by atoms with Crippen LogP contribution < -0.4 is 9.47 Å². The van der Waals surface area contributed by atoms with Gasteiger partial charge in [-0.3, -0.25) is 4.79 Å². The minimum Gasteiger partial charge on any atom is -0.494 e. The molecule has 0 radical (unpaired) electrons. The van der Waals surface area contributed by atoms with Crippen LogP contribution in [0, 0.1) is 0 Å². The van der Waals surface area contributed by atoms with E-state index in [4.69, 9.17) is 14.2 Å². The molecular weight excluding hydrogens is 466 g/mol. The topological polar surface area (TPSA) is 85.3 Å². The fourth-order valence-corrected chi connectivity index (χ4v) is 4.21. The molecule has 0 fully saturated rings. The highest BCUT2D eigenvalue weighted by molar-refractivity contribution is 7.09. The maximum absolute atomic E-state index is 13.1. The second-order valence-corrected chi connectivity index (χ2v) is 8.86. The minimum absolute atomic E-state index is 0.0988. The van der Waals surface area contributed by atoms with Crippen molar-refractivity contribution in [2.75, 3.05) is 19.8 Å². The van der Waals surface area contributed by atoms with E-state index >= 15 is 0 Å². The Morgan fingerprint density at radius 1 is 0.886 bits per heavy atom. The summed E-state index contributed by atoms with van der Waals surface area (Å²) in [5, 5.41) is 11.2. The SMILES string of the molecule is CCOc1ccc(CN(Cc2cccs2)C(=O)COc2ccc(C[C@H](OCC)C(=O)O)cc2)cc1. The highest BCUT2D eigenvalue weighted by Crippen LogP contribution is 2.19. The lowest BCUT2D eigenvalue weighted by Crippen LogP contribution is -2.33. The Labute approximate surface area is 209 Å². The van der Waals surface area contributed by atoms with E-state index in [0.717, 1.165) is 21.8 Å². The number of benzene rings is 2. The molecule has 1 amide bonds. The Balaban J connectivity index is 1.61. The van der Waals surface area contributed by atoms with E-state index in [1.54, 1.807) is 47.4 Å². The minimum atomic E-state index is -0.990. The van der Waals surface area contributed by atoms with Gasteiger partial charge in [-0.15, -0.1) is 11.3 Å². The predicted octanol–water partition coefficient (Wildman–Crippen LogP) is 4.79. The standard InChI is InChI=1S/C27H31NO6S/c1-3-32-22-13-9-21(10-14-22)17-28(18-24-6-5-15-35-24)26(29)19-34-23-11-7-20(8-12-23)16-25(27(30)31)33-4-2/h5-15,25H,3-4,16-19H2,1-2H3,(H,30,31)/t25-/m0/s1. The maximum Gasteiger partial charge on any atom is 0.333 e. The van der Waals surface area contributed by atoms with Crippen molar-refractivity contribution in [2.45, 2.75) is 39.5 Å². The number of carboxylic acids is 1. The van der Waals surface area contributed by atoms with Crippen LogP contribution >= 0.6 is 11.3 Å². The first-order chi connectivity index (χ1) is 17.0. The van der Waals surface area contributed by atoms with Gasteiger partial charge in [-0.05, 0) is 60.7 Å². The zero-order valence-electron chi connectivity index (χ0n) is 20.0. The molecular formula is C27H31NO6S. The summed E-state index contributed by atoms with van der Waals surface area (Å²) in [7, 11) is 0. The molecule has 0 aliphatic carbocycles. The van der Waals surface area contributed by atoms with Crippen LogP contribution in [-0.4, -0.2) is 47.8 Å². The number of thiophene rings is 1. The lowest BCUT2D eigenvalue weighted by molar-refractivity contribution is -0.150. The van der Waals surface area contributed by atoms with Gasteiger partial charge in [0, 0.05) is 24.4 Å². The molecule has 0 saturated heterocycles. The summed E-state index contributed by atoms with van der Waals surface area (Å²) in [6, 6.07) is 18.8. The average molecular weight is 498 g/mol. The monoisotopic (exact) mass is 497 g/mol. The number of hydrogen-bond acceptors (Lipinski definition) is 6. The van der Waals surface area contributed by atoms with Crippen LogP contribution in [0.2, 0.25) is 0 Å². The molecule has 7 nitrogen and oxygen atoms in total. The van der Waals surface area contributed by atoms with Gasteiger partial charge in [-0.25, -0.2) is 4.79 Å². The fraction of sp³-hybridized carbons (Fsp3) is 0.333. The third-order valence-electron chi connectivity index (χ3n) is 5.24. The zero-order valence-corrected chi connectivity index (χ0v) is 20.8. The molecule has 0 unspecified atom stereocenters. The number of aliphatic carboxylic acids is 1. The van der Waals surface area contributed by atoms with Crippen molar-refractivity contribution < 1.29 is 28.9 Å². The van der Waals surface area contributed by atoms with Gasteiger partial charge in [-0.2, -0.15) is 0 Å². The van der Waals surface area contributed by atoms with Gasteiger partial charge in [0.2, 0.25) is 0 Å². The molecule has 186 valence electrons. The van der Waals surface area contributed by atoms with E-state index in [9.17, 15) is 14.7 Å². The van der Waals surface area contributed by atoms with E-state index in [2.05, 4.69) is 0 Å². The summed E-state index contributed by atoms with van der Waals surface area (Å²) in [5.41, 5.74) is 1.82. The van der Waals surface area contributed by atoms with Crippen molar-refractivity contribution in [3.8, 4) is 11.5 Å². The van der Waals surface area contributed by atoms with Gasteiger partial charge in [0.1, 0.15) is 11.5 Å². The van der Waals surface area contributed by atoms with Crippen LogP contribution in [0.5, 0.6) is 11.5 Å². The Morgan fingerprint density at radius 3 is 2.11 bits per heavy atom. The fourth-order valence-electron chi connectivity index (χ4n) is 3.49. The second kappa shape index (κ2) is 13.5.